The number of aromatic nitrogens is 4. The van der Waals surface area contributed by atoms with Crippen LogP contribution in [0.3, 0.4) is 0 Å². The van der Waals surface area contributed by atoms with Gasteiger partial charge in [0.15, 0.2) is 0 Å². The predicted octanol–water partition coefficient (Wildman–Crippen LogP) is 2.44. The zero-order valence-corrected chi connectivity index (χ0v) is 18.2. The Balaban J connectivity index is 1.60. The number of amides is 3. The molecule has 0 saturated carbocycles. The maximum absolute atomic E-state index is 13.7. The molecule has 2 unspecified atom stereocenters. The first-order valence-electron chi connectivity index (χ1n) is 10.1. The number of hydrogen-bond donors (Lipinski definition) is 0. The average Bonchev–Trinajstić information content (AvgIpc) is 3.44. The molecule has 0 radical (unpaired) electrons. The molecular weight excluding hydrogens is 440 g/mol. The van der Waals surface area contributed by atoms with Gasteiger partial charge in [0.05, 0.1) is 48.2 Å². The Labute approximate surface area is 192 Å². The molecule has 3 aromatic rings. The molecule has 11 heteroatoms. The number of thioether (sulfide) groups is 1. The van der Waals surface area contributed by atoms with Gasteiger partial charge >= 0.3 is 6.03 Å². The third-order valence-corrected chi connectivity index (χ3v) is 7.00. The summed E-state index contributed by atoms with van der Waals surface area (Å²) in [5.74, 6) is -0.389. The molecule has 0 N–H and O–H groups in total. The van der Waals surface area contributed by atoms with Gasteiger partial charge in [-0.1, -0.05) is 23.4 Å². The molecule has 4 heterocycles. The van der Waals surface area contributed by atoms with E-state index in [0.717, 1.165) is 9.81 Å². The number of carbonyl (C=O) groups excluding carboxylic acids is 2. The molecule has 2 aliphatic heterocycles. The minimum absolute atomic E-state index is 0.120. The fourth-order valence-corrected chi connectivity index (χ4v) is 5.53. The summed E-state index contributed by atoms with van der Waals surface area (Å²) < 4.78 is 1.49. The predicted molar refractivity (Wildman–Crippen MR) is 120 cm³/mol. The van der Waals surface area contributed by atoms with Crippen LogP contribution in [0.1, 0.15) is 17.5 Å². The van der Waals surface area contributed by atoms with E-state index in [0.29, 0.717) is 27.8 Å². The van der Waals surface area contributed by atoms with Crippen LogP contribution in [0, 0.1) is 22.7 Å². The molecule has 3 amide bonds. The normalized spacial score (nSPS) is 19.9. The largest absolute Gasteiger partial charge is 0.332 e. The zero-order chi connectivity index (χ0) is 23.1. The SMILES string of the molecule is Cn1nnc2cncc(N3C(=O)C4SC(c5ccccc5C#N)=CC4N(CCC#N)C3=O)c21. The Hall–Kier alpha value is -4.22. The number of nitriles is 2. The van der Waals surface area contributed by atoms with Crippen molar-refractivity contribution in [2.45, 2.75) is 17.7 Å². The van der Waals surface area contributed by atoms with E-state index in [2.05, 4.69) is 27.4 Å². The molecule has 0 spiro atoms. The minimum Gasteiger partial charge on any atom is -0.315 e. The Kier molecular flexibility index (Phi) is 5.04. The van der Waals surface area contributed by atoms with Crippen LogP contribution in [0.5, 0.6) is 0 Å². The highest BCUT2D eigenvalue weighted by atomic mass is 32.2. The monoisotopic (exact) mass is 456 g/mol. The van der Waals surface area contributed by atoms with E-state index in [1.54, 1.807) is 19.2 Å². The van der Waals surface area contributed by atoms with Crippen LogP contribution in [-0.4, -0.2) is 54.7 Å². The highest BCUT2D eigenvalue weighted by Crippen LogP contribution is 2.46. The molecule has 5 rings (SSSR count). The molecule has 2 aliphatic rings. The van der Waals surface area contributed by atoms with E-state index < -0.39 is 17.3 Å². The molecule has 0 bridgehead atoms. The van der Waals surface area contributed by atoms with Crippen LogP contribution in [-0.2, 0) is 11.8 Å². The quantitative estimate of drug-likeness (QED) is 0.585. The van der Waals surface area contributed by atoms with Crippen molar-refractivity contribution in [3.63, 3.8) is 0 Å². The van der Waals surface area contributed by atoms with Gasteiger partial charge in [-0.3, -0.25) is 9.78 Å². The second-order valence-corrected chi connectivity index (χ2v) is 8.70. The van der Waals surface area contributed by atoms with Crippen molar-refractivity contribution in [3.8, 4) is 12.1 Å². The molecule has 0 aliphatic carbocycles. The minimum atomic E-state index is -0.625. The van der Waals surface area contributed by atoms with Crippen molar-refractivity contribution < 1.29 is 9.59 Å². The summed E-state index contributed by atoms with van der Waals surface area (Å²) in [5, 5.41) is 26.0. The molecule has 1 aromatic carbocycles. The van der Waals surface area contributed by atoms with E-state index in [4.69, 9.17) is 5.26 Å². The summed E-state index contributed by atoms with van der Waals surface area (Å²) in [4.78, 5) is 34.8. The molecule has 2 atom stereocenters. The number of hydrogen-bond acceptors (Lipinski definition) is 8. The van der Waals surface area contributed by atoms with Gasteiger partial charge in [0, 0.05) is 24.1 Å². The second kappa shape index (κ2) is 8.04. The number of fused-ring (bicyclic) bond motifs is 2. The molecule has 10 nitrogen and oxygen atoms in total. The van der Waals surface area contributed by atoms with Crippen LogP contribution in [0.25, 0.3) is 15.9 Å². The van der Waals surface area contributed by atoms with Gasteiger partial charge < -0.3 is 4.90 Å². The lowest BCUT2D eigenvalue weighted by molar-refractivity contribution is -0.119. The fraction of sp³-hybridized carbons (Fsp3) is 0.227. The summed E-state index contributed by atoms with van der Waals surface area (Å²) >= 11 is 1.32. The number of aryl methyl sites for hydroxylation is 1. The molecule has 162 valence electrons. The van der Waals surface area contributed by atoms with E-state index in [1.165, 1.54) is 33.7 Å². The van der Waals surface area contributed by atoms with E-state index in [9.17, 15) is 14.9 Å². The Morgan fingerprint density at radius 1 is 1.18 bits per heavy atom. The van der Waals surface area contributed by atoms with Crippen LogP contribution in [0.2, 0.25) is 0 Å². The van der Waals surface area contributed by atoms with Gasteiger partial charge in [-0.2, -0.15) is 10.5 Å². The van der Waals surface area contributed by atoms with Crippen LogP contribution < -0.4 is 4.90 Å². The number of pyridine rings is 1. The lowest BCUT2D eigenvalue weighted by Crippen LogP contribution is -2.62. The number of carbonyl (C=O) groups is 2. The van der Waals surface area contributed by atoms with Crippen LogP contribution >= 0.6 is 11.8 Å². The summed E-state index contributed by atoms with van der Waals surface area (Å²) in [5.41, 5.74) is 2.47. The van der Waals surface area contributed by atoms with Gasteiger partial charge in [0.2, 0.25) is 0 Å². The first-order chi connectivity index (χ1) is 16.0. The molecular formula is C22H16N8O2S. The van der Waals surface area contributed by atoms with Gasteiger partial charge in [0.25, 0.3) is 5.91 Å². The standard InChI is InChI=1S/C22H16N8O2S/c1-28-19-15(26-27-28)11-25-12-17(19)30-21(31)20-16(29(22(30)32)8-4-7-23)9-18(33-20)14-6-3-2-5-13(14)10-24/h2-3,5-6,9,11-12,16,20H,4,8H2,1H3. The van der Waals surface area contributed by atoms with E-state index in [1.807, 2.05) is 18.2 Å². The molecule has 1 saturated heterocycles. The number of rotatable bonds is 4. The lowest BCUT2D eigenvalue weighted by atomic mass is 10.0. The highest BCUT2D eigenvalue weighted by molar-refractivity contribution is 8.09. The average molecular weight is 456 g/mol. The van der Waals surface area contributed by atoms with Crippen molar-refractivity contribution in [3.05, 3.63) is 53.9 Å². The summed E-state index contributed by atoms with van der Waals surface area (Å²) in [6.45, 7) is 0.164. The Morgan fingerprint density at radius 2 is 2.00 bits per heavy atom. The molecule has 2 aromatic heterocycles. The Morgan fingerprint density at radius 3 is 2.79 bits per heavy atom. The first-order valence-corrected chi connectivity index (χ1v) is 11.0. The summed E-state index contributed by atoms with van der Waals surface area (Å²) in [6.07, 6.45) is 4.93. The highest BCUT2D eigenvalue weighted by Gasteiger charge is 2.50. The summed E-state index contributed by atoms with van der Waals surface area (Å²) in [6, 6.07) is 10.3. The lowest BCUT2D eigenvalue weighted by Gasteiger charge is -2.40. The number of urea groups is 1. The maximum Gasteiger partial charge on any atom is 0.332 e. The topological polar surface area (TPSA) is 132 Å². The van der Waals surface area contributed by atoms with Crippen LogP contribution in [0.15, 0.2) is 42.7 Å². The zero-order valence-electron chi connectivity index (χ0n) is 17.4. The van der Waals surface area contributed by atoms with Gasteiger partial charge in [-0.05, 0) is 12.1 Å². The van der Waals surface area contributed by atoms with Crippen molar-refractivity contribution in [1.82, 2.24) is 24.9 Å². The third-order valence-electron chi connectivity index (χ3n) is 5.65. The third kappa shape index (κ3) is 3.22. The van der Waals surface area contributed by atoms with Crippen molar-refractivity contribution in [2.24, 2.45) is 7.05 Å². The Bertz CT molecular complexity index is 1420. The smallest absolute Gasteiger partial charge is 0.315 e. The van der Waals surface area contributed by atoms with Crippen molar-refractivity contribution >= 4 is 45.3 Å². The van der Waals surface area contributed by atoms with Crippen molar-refractivity contribution in [2.75, 3.05) is 11.4 Å². The van der Waals surface area contributed by atoms with E-state index in [-0.39, 0.29) is 18.9 Å². The van der Waals surface area contributed by atoms with Crippen molar-refractivity contribution in [1.29, 1.82) is 10.5 Å². The number of imide groups is 1. The van der Waals surface area contributed by atoms with Gasteiger partial charge in [-0.25, -0.2) is 14.4 Å². The number of anilines is 1. The fourth-order valence-electron chi connectivity index (χ4n) is 4.16. The molecule has 33 heavy (non-hydrogen) atoms. The number of nitrogens with zero attached hydrogens (tertiary/aromatic N) is 8. The van der Waals surface area contributed by atoms with Crippen LogP contribution in [0.4, 0.5) is 10.5 Å². The van der Waals surface area contributed by atoms with Gasteiger partial charge in [-0.15, -0.1) is 16.9 Å². The van der Waals surface area contributed by atoms with E-state index >= 15 is 0 Å². The molecule has 1 fully saturated rings. The maximum atomic E-state index is 13.7. The first kappa shape index (κ1) is 20.7. The summed E-state index contributed by atoms with van der Waals surface area (Å²) in [7, 11) is 1.68. The number of benzene rings is 1. The second-order valence-electron chi connectivity index (χ2n) is 7.51. The van der Waals surface area contributed by atoms with Gasteiger partial charge in [0.1, 0.15) is 16.3 Å².